The van der Waals surface area contributed by atoms with Crippen molar-refractivity contribution in [3.05, 3.63) is 57.1 Å². The number of rotatable bonds is 1. The van der Waals surface area contributed by atoms with E-state index in [0.29, 0.717) is 6.54 Å². The number of carbonyl (C=O) groups excluding carboxylic acids is 1. The minimum atomic E-state index is 0.0378. The van der Waals surface area contributed by atoms with Crippen molar-refractivity contribution in [3.63, 3.8) is 0 Å². The van der Waals surface area contributed by atoms with Crippen LogP contribution < -0.4 is 10.6 Å². The van der Waals surface area contributed by atoms with Crippen molar-refractivity contribution < 1.29 is 4.79 Å². The Morgan fingerprint density at radius 2 is 1.95 bits per heavy atom. The van der Waals surface area contributed by atoms with E-state index >= 15 is 0 Å². The van der Waals surface area contributed by atoms with Crippen molar-refractivity contribution in [2.45, 2.75) is 20.3 Å². The van der Waals surface area contributed by atoms with E-state index in [-0.39, 0.29) is 5.91 Å². The van der Waals surface area contributed by atoms with Gasteiger partial charge in [-0.15, -0.1) is 0 Å². The molecular formula is C17H17BrN2O. The first-order valence-corrected chi connectivity index (χ1v) is 7.73. The fourth-order valence-corrected chi connectivity index (χ4v) is 3.12. The van der Waals surface area contributed by atoms with Gasteiger partial charge in [-0.3, -0.25) is 4.79 Å². The summed E-state index contributed by atoms with van der Waals surface area (Å²) in [6.45, 7) is 4.67. The second kappa shape index (κ2) is 5.19. The quantitative estimate of drug-likeness (QED) is 0.798. The van der Waals surface area contributed by atoms with Crippen LogP contribution in [0.15, 0.2) is 34.8 Å². The molecule has 1 heterocycles. The average Bonchev–Trinajstić information content (AvgIpc) is 2.84. The van der Waals surface area contributed by atoms with Gasteiger partial charge in [-0.25, -0.2) is 0 Å². The lowest BCUT2D eigenvalue weighted by molar-refractivity contribution is 0.0989. The van der Waals surface area contributed by atoms with Crippen LogP contribution in [0, 0.1) is 13.8 Å². The third-order valence-electron chi connectivity index (χ3n) is 4.04. The Morgan fingerprint density at radius 1 is 1.19 bits per heavy atom. The predicted molar refractivity (Wildman–Crippen MR) is 89.9 cm³/mol. The normalized spacial score (nSPS) is 13.4. The summed E-state index contributed by atoms with van der Waals surface area (Å²) in [5.41, 5.74) is 11.7. The molecule has 3 nitrogen and oxygen atoms in total. The van der Waals surface area contributed by atoms with Crippen molar-refractivity contribution in [3.8, 4) is 0 Å². The van der Waals surface area contributed by atoms with Crippen molar-refractivity contribution in [2.24, 2.45) is 0 Å². The van der Waals surface area contributed by atoms with Crippen LogP contribution in [0.25, 0.3) is 0 Å². The minimum absolute atomic E-state index is 0.0378. The molecule has 0 radical (unpaired) electrons. The van der Waals surface area contributed by atoms with Crippen LogP contribution in [-0.2, 0) is 6.42 Å². The molecule has 0 atom stereocenters. The molecule has 4 heteroatoms. The van der Waals surface area contributed by atoms with Crippen molar-refractivity contribution in [2.75, 3.05) is 17.2 Å². The number of nitrogens with two attached hydrogens (primary N) is 1. The highest BCUT2D eigenvalue weighted by Crippen LogP contribution is 2.33. The number of hydrogen-bond donors (Lipinski definition) is 1. The molecule has 0 saturated heterocycles. The van der Waals surface area contributed by atoms with Gasteiger partial charge in [-0.05, 0) is 55.2 Å². The van der Waals surface area contributed by atoms with Crippen molar-refractivity contribution >= 4 is 33.2 Å². The molecule has 3 rings (SSSR count). The Hall–Kier alpha value is -1.81. The lowest BCUT2D eigenvalue weighted by Crippen LogP contribution is -2.29. The summed E-state index contributed by atoms with van der Waals surface area (Å²) in [5.74, 6) is 0.0378. The predicted octanol–water partition coefficient (Wildman–Crippen LogP) is 3.85. The molecule has 21 heavy (non-hydrogen) atoms. The van der Waals surface area contributed by atoms with Crippen LogP contribution in [0.1, 0.15) is 27.0 Å². The van der Waals surface area contributed by atoms with Gasteiger partial charge in [0, 0.05) is 28.0 Å². The number of nitrogens with zero attached hydrogens (tertiary/aromatic N) is 1. The number of anilines is 2. The summed E-state index contributed by atoms with van der Waals surface area (Å²) in [5, 5.41) is 0. The molecular weight excluding hydrogens is 328 g/mol. The zero-order chi connectivity index (χ0) is 15.1. The molecule has 0 aromatic heterocycles. The van der Waals surface area contributed by atoms with Crippen LogP contribution in [0.5, 0.6) is 0 Å². The largest absolute Gasteiger partial charge is 0.398 e. The number of halogens is 1. The molecule has 0 unspecified atom stereocenters. The first-order valence-electron chi connectivity index (χ1n) is 6.94. The molecule has 2 N–H and O–H groups in total. The average molecular weight is 345 g/mol. The number of aryl methyl sites for hydroxylation is 2. The fourth-order valence-electron chi connectivity index (χ4n) is 2.76. The summed E-state index contributed by atoms with van der Waals surface area (Å²) in [6.07, 6.45) is 0.884. The van der Waals surface area contributed by atoms with Crippen molar-refractivity contribution in [1.29, 1.82) is 0 Å². The van der Waals surface area contributed by atoms with Gasteiger partial charge in [0.2, 0.25) is 0 Å². The molecule has 0 fully saturated rings. The van der Waals surface area contributed by atoms with Gasteiger partial charge in [0.05, 0.1) is 0 Å². The van der Waals surface area contributed by atoms with E-state index in [0.717, 1.165) is 39.0 Å². The van der Waals surface area contributed by atoms with Crippen molar-refractivity contribution in [1.82, 2.24) is 0 Å². The summed E-state index contributed by atoms with van der Waals surface area (Å²) in [7, 11) is 0. The Labute approximate surface area is 132 Å². The van der Waals surface area contributed by atoms with Crippen LogP contribution in [0.3, 0.4) is 0 Å². The van der Waals surface area contributed by atoms with E-state index in [1.165, 1.54) is 5.56 Å². The third-order valence-corrected chi connectivity index (χ3v) is 4.53. The third kappa shape index (κ3) is 2.44. The minimum Gasteiger partial charge on any atom is -0.398 e. The van der Waals surface area contributed by atoms with Gasteiger partial charge in [0.1, 0.15) is 0 Å². The van der Waals surface area contributed by atoms with Gasteiger partial charge < -0.3 is 10.6 Å². The van der Waals surface area contributed by atoms with E-state index in [1.54, 1.807) is 0 Å². The van der Waals surface area contributed by atoms with Gasteiger partial charge in [0.25, 0.3) is 5.91 Å². The van der Waals surface area contributed by atoms with E-state index < -0.39 is 0 Å². The molecule has 2 aromatic rings. The molecule has 1 amide bonds. The maximum absolute atomic E-state index is 12.8. The van der Waals surface area contributed by atoms with Gasteiger partial charge >= 0.3 is 0 Å². The summed E-state index contributed by atoms with van der Waals surface area (Å²) in [6, 6.07) is 9.80. The summed E-state index contributed by atoms with van der Waals surface area (Å²) < 4.78 is 0.916. The molecule has 1 aliphatic heterocycles. The SMILES string of the molecule is Cc1cc2c(cc1N)N(C(=O)c1cc(Br)ccc1C)CC2. The highest BCUT2D eigenvalue weighted by atomic mass is 79.9. The number of amides is 1. The fraction of sp³-hybridized carbons (Fsp3) is 0.235. The van der Waals surface area contributed by atoms with E-state index in [2.05, 4.69) is 22.0 Å². The van der Waals surface area contributed by atoms with Crippen LogP contribution in [-0.4, -0.2) is 12.5 Å². The Balaban J connectivity index is 2.02. The highest BCUT2D eigenvalue weighted by Gasteiger charge is 2.27. The van der Waals surface area contributed by atoms with Crippen LogP contribution in [0.4, 0.5) is 11.4 Å². The first kappa shape index (κ1) is 14.1. The second-order valence-corrected chi connectivity index (χ2v) is 6.42. The maximum atomic E-state index is 12.8. The summed E-state index contributed by atoms with van der Waals surface area (Å²) >= 11 is 3.44. The molecule has 0 spiro atoms. The molecule has 1 aliphatic rings. The Bertz CT molecular complexity index is 740. The smallest absolute Gasteiger partial charge is 0.258 e. The lowest BCUT2D eigenvalue weighted by atomic mass is 10.1. The maximum Gasteiger partial charge on any atom is 0.258 e. The molecule has 0 bridgehead atoms. The highest BCUT2D eigenvalue weighted by molar-refractivity contribution is 9.10. The number of nitrogen functional groups attached to an aromatic ring is 1. The van der Waals surface area contributed by atoms with E-state index in [9.17, 15) is 4.79 Å². The molecule has 0 saturated carbocycles. The monoisotopic (exact) mass is 344 g/mol. The van der Waals surface area contributed by atoms with Gasteiger partial charge in [0.15, 0.2) is 0 Å². The number of carbonyl (C=O) groups is 1. The Morgan fingerprint density at radius 3 is 2.71 bits per heavy atom. The zero-order valence-electron chi connectivity index (χ0n) is 12.1. The number of fused-ring (bicyclic) bond motifs is 1. The number of hydrogen-bond acceptors (Lipinski definition) is 2. The molecule has 0 aliphatic carbocycles. The van der Waals surface area contributed by atoms with Crippen LogP contribution in [0.2, 0.25) is 0 Å². The van der Waals surface area contributed by atoms with E-state index in [4.69, 9.17) is 5.73 Å². The Kier molecular flexibility index (Phi) is 3.49. The summed E-state index contributed by atoms with van der Waals surface area (Å²) in [4.78, 5) is 14.7. The van der Waals surface area contributed by atoms with Crippen LogP contribution >= 0.6 is 15.9 Å². The second-order valence-electron chi connectivity index (χ2n) is 5.50. The molecule has 2 aromatic carbocycles. The molecule has 108 valence electrons. The van der Waals surface area contributed by atoms with E-state index in [1.807, 2.05) is 43.0 Å². The lowest BCUT2D eigenvalue weighted by Gasteiger charge is -2.19. The number of benzene rings is 2. The van der Waals surface area contributed by atoms with Gasteiger partial charge in [-0.2, -0.15) is 0 Å². The van der Waals surface area contributed by atoms with Gasteiger partial charge in [-0.1, -0.05) is 28.1 Å². The topological polar surface area (TPSA) is 46.3 Å². The standard InChI is InChI=1S/C17H17BrN2O/c1-10-3-4-13(18)8-14(10)17(21)20-6-5-12-7-11(2)15(19)9-16(12)20/h3-4,7-9H,5-6,19H2,1-2H3. The zero-order valence-corrected chi connectivity index (χ0v) is 13.7. The first-order chi connectivity index (χ1) is 9.97.